The van der Waals surface area contributed by atoms with Gasteiger partial charge >= 0.3 is 5.69 Å². The number of rotatable bonds is 2. The number of ether oxygens (including phenoxy) is 1. The van der Waals surface area contributed by atoms with Gasteiger partial charge in [0, 0.05) is 18.2 Å². The van der Waals surface area contributed by atoms with Gasteiger partial charge in [0.15, 0.2) is 0 Å². The van der Waals surface area contributed by atoms with Crippen LogP contribution in [-0.4, -0.2) is 38.6 Å². The number of nitrogens with two attached hydrogens (primary N) is 1. The van der Waals surface area contributed by atoms with Crippen LogP contribution in [-0.2, 0) is 4.74 Å². The molecule has 1 saturated heterocycles. The molecule has 2 heterocycles. The van der Waals surface area contributed by atoms with Gasteiger partial charge in [0.25, 0.3) is 0 Å². The van der Waals surface area contributed by atoms with Gasteiger partial charge in [-0.3, -0.25) is 4.57 Å². The molecule has 0 unspecified atom stereocenters. The number of nitrogen functional groups attached to an aromatic ring is 1. The number of aliphatic hydroxyl groups excluding tert-OH is 2. The molecule has 1 aromatic carbocycles. The van der Waals surface area contributed by atoms with Gasteiger partial charge in [-0.15, -0.1) is 0 Å². The highest BCUT2D eigenvalue weighted by Crippen LogP contribution is 2.27. The van der Waals surface area contributed by atoms with Crippen molar-refractivity contribution in [2.24, 2.45) is 0 Å². The number of benzene rings is 1. The molecule has 24 heavy (non-hydrogen) atoms. The summed E-state index contributed by atoms with van der Waals surface area (Å²) in [5, 5.41) is 19.0. The lowest BCUT2D eigenvalue weighted by Gasteiger charge is -2.14. The van der Waals surface area contributed by atoms with E-state index >= 15 is 0 Å². The molecule has 1 aliphatic rings. The Balaban J connectivity index is 1.93. The molecule has 1 aromatic heterocycles. The summed E-state index contributed by atoms with van der Waals surface area (Å²) in [5.41, 5.74) is 6.39. The first kappa shape index (κ1) is 16.2. The Morgan fingerprint density at radius 1 is 1.33 bits per heavy atom. The van der Waals surface area contributed by atoms with Crippen molar-refractivity contribution in [2.45, 2.75) is 24.9 Å². The fraction of sp³-hybridized carbons (Fsp3) is 0.294. The van der Waals surface area contributed by atoms with E-state index < -0.39 is 24.1 Å². The lowest BCUT2D eigenvalue weighted by molar-refractivity contribution is -0.0458. The Bertz CT molecular complexity index is 838. The zero-order valence-electron chi connectivity index (χ0n) is 12.8. The van der Waals surface area contributed by atoms with Gasteiger partial charge < -0.3 is 20.7 Å². The molecule has 3 atom stereocenters. The Morgan fingerprint density at radius 2 is 2.08 bits per heavy atom. The molecule has 1 fully saturated rings. The molecular weight excluding hydrogens is 310 g/mol. The maximum Gasteiger partial charge on any atom is 0.351 e. The number of aliphatic hydroxyl groups is 2. The van der Waals surface area contributed by atoms with E-state index in [4.69, 9.17) is 15.6 Å². The van der Waals surface area contributed by atoms with Crippen LogP contribution in [0.25, 0.3) is 0 Å². The molecule has 0 bridgehead atoms. The maximum atomic E-state index is 12.1. The Labute approximate surface area is 138 Å². The van der Waals surface area contributed by atoms with E-state index in [1.165, 1.54) is 10.8 Å². The predicted molar refractivity (Wildman–Crippen MR) is 87.0 cm³/mol. The first-order valence-corrected chi connectivity index (χ1v) is 7.48. The van der Waals surface area contributed by atoms with Gasteiger partial charge in [-0.05, 0) is 12.1 Å². The minimum atomic E-state index is -0.844. The summed E-state index contributed by atoms with van der Waals surface area (Å²) in [4.78, 5) is 15.8. The molecule has 124 valence electrons. The topological polar surface area (TPSA) is 111 Å². The van der Waals surface area contributed by atoms with Crippen LogP contribution in [0.2, 0.25) is 0 Å². The van der Waals surface area contributed by atoms with E-state index in [-0.39, 0.29) is 18.8 Å². The van der Waals surface area contributed by atoms with E-state index in [1.807, 2.05) is 30.3 Å². The first-order chi connectivity index (χ1) is 11.6. The van der Waals surface area contributed by atoms with Crippen molar-refractivity contribution in [1.82, 2.24) is 9.55 Å². The van der Waals surface area contributed by atoms with E-state index in [0.29, 0.717) is 5.56 Å². The fourth-order valence-electron chi connectivity index (χ4n) is 2.50. The molecule has 1 aliphatic heterocycles. The lowest BCUT2D eigenvalue weighted by atomic mass is 10.2. The monoisotopic (exact) mass is 327 g/mol. The van der Waals surface area contributed by atoms with Gasteiger partial charge in [0.05, 0.1) is 18.3 Å². The number of nitrogens with zero attached hydrogens (tertiary/aromatic N) is 2. The fourth-order valence-corrected chi connectivity index (χ4v) is 2.50. The summed E-state index contributed by atoms with van der Waals surface area (Å²) in [6, 6.07) is 9.34. The molecule has 0 spiro atoms. The standard InChI is InChI=1S/C17H17N3O4/c18-16-12(7-6-11-4-2-1-3-5-11)9-20(17(23)19-16)15-8-13(22)14(10-21)24-15/h1-5,9,13-15,21-22H,8,10H2,(H2,18,19,23)/t13-,14+,15+/m0/s1. The Morgan fingerprint density at radius 3 is 2.75 bits per heavy atom. The highest BCUT2D eigenvalue weighted by molar-refractivity contribution is 5.51. The quantitative estimate of drug-likeness (QED) is 0.663. The van der Waals surface area contributed by atoms with Gasteiger partial charge in [-0.25, -0.2) is 4.79 Å². The average Bonchev–Trinajstić information content (AvgIpc) is 2.95. The second kappa shape index (κ2) is 6.84. The third-order valence-electron chi connectivity index (χ3n) is 3.79. The lowest BCUT2D eigenvalue weighted by Crippen LogP contribution is -2.28. The summed E-state index contributed by atoms with van der Waals surface area (Å²) in [5.74, 6) is 5.88. The minimum absolute atomic E-state index is 0.0388. The molecule has 0 radical (unpaired) electrons. The zero-order chi connectivity index (χ0) is 17.1. The molecular formula is C17H17N3O4. The van der Waals surface area contributed by atoms with Crippen molar-refractivity contribution in [3.05, 3.63) is 58.1 Å². The smallest absolute Gasteiger partial charge is 0.351 e. The third-order valence-corrected chi connectivity index (χ3v) is 3.79. The summed E-state index contributed by atoms with van der Waals surface area (Å²) in [6.07, 6.45) is -0.628. The van der Waals surface area contributed by atoms with Crippen molar-refractivity contribution >= 4 is 5.82 Å². The van der Waals surface area contributed by atoms with Crippen LogP contribution >= 0.6 is 0 Å². The van der Waals surface area contributed by atoms with E-state index in [2.05, 4.69) is 16.8 Å². The van der Waals surface area contributed by atoms with Crippen LogP contribution in [0.15, 0.2) is 41.3 Å². The Hall–Kier alpha value is -2.66. The number of hydrogen-bond donors (Lipinski definition) is 3. The molecule has 0 amide bonds. The average molecular weight is 327 g/mol. The number of hydrogen-bond acceptors (Lipinski definition) is 6. The summed E-state index contributed by atoms with van der Waals surface area (Å²) >= 11 is 0. The molecule has 7 heteroatoms. The van der Waals surface area contributed by atoms with Gasteiger partial charge in [0.2, 0.25) is 0 Å². The summed E-state index contributed by atoms with van der Waals surface area (Å²) in [6.45, 7) is -0.324. The van der Waals surface area contributed by atoms with Crippen molar-refractivity contribution in [2.75, 3.05) is 12.3 Å². The predicted octanol–water partition coefficient (Wildman–Crippen LogP) is -0.134. The van der Waals surface area contributed by atoms with Gasteiger partial charge in [-0.1, -0.05) is 30.0 Å². The molecule has 4 N–H and O–H groups in total. The second-order valence-corrected chi connectivity index (χ2v) is 5.46. The van der Waals surface area contributed by atoms with Crippen molar-refractivity contribution in [1.29, 1.82) is 0 Å². The molecule has 0 aliphatic carbocycles. The van der Waals surface area contributed by atoms with Crippen molar-refractivity contribution in [3.8, 4) is 11.8 Å². The Kier molecular flexibility index (Phi) is 4.62. The van der Waals surface area contributed by atoms with Crippen molar-refractivity contribution in [3.63, 3.8) is 0 Å². The van der Waals surface area contributed by atoms with Crippen LogP contribution in [0.4, 0.5) is 5.82 Å². The number of aromatic nitrogens is 2. The molecule has 0 saturated carbocycles. The first-order valence-electron chi connectivity index (χ1n) is 7.48. The molecule has 3 rings (SSSR count). The van der Waals surface area contributed by atoms with Gasteiger partial charge in [0.1, 0.15) is 18.1 Å². The van der Waals surface area contributed by atoms with Crippen LogP contribution in [0.3, 0.4) is 0 Å². The normalized spacial score (nSPS) is 22.8. The highest BCUT2D eigenvalue weighted by Gasteiger charge is 2.35. The third kappa shape index (κ3) is 3.31. The second-order valence-electron chi connectivity index (χ2n) is 5.46. The molecule has 2 aromatic rings. The van der Waals surface area contributed by atoms with E-state index in [0.717, 1.165) is 5.56 Å². The van der Waals surface area contributed by atoms with E-state index in [9.17, 15) is 9.90 Å². The summed E-state index contributed by atoms with van der Waals surface area (Å²) < 4.78 is 6.72. The maximum absolute atomic E-state index is 12.1. The largest absolute Gasteiger partial charge is 0.394 e. The van der Waals surface area contributed by atoms with Crippen LogP contribution < -0.4 is 11.4 Å². The molecule has 7 nitrogen and oxygen atoms in total. The SMILES string of the molecule is Nc1nc(=O)n([C@H]2C[C@H](O)[C@@H](CO)O2)cc1C#Cc1ccccc1. The zero-order valence-corrected chi connectivity index (χ0v) is 12.8. The van der Waals surface area contributed by atoms with Crippen molar-refractivity contribution < 1.29 is 14.9 Å². The highest BCUT2D eigenvalue weighted by atomic mass is 16.5. The van der Waals surface area contributed by atoms with Crippen LogP contribution in [0, 0.1) is 11.8 Å². The minimum Gasteiger partial charge on any atom is -0.394 e. The summed E-state index contributed by atoms with van der Waals surface area (Å²) in [7, 11) is 0. The van der Waals surface area contributed by atoms with Crippen LogP contribution in [0.5, 0.6) is 0 Å². The number of anilines is 1. The van der Waals surface area contributed by atoms with Crippen LogP contribution in [0.1, 0.15) is 23.8 Å². The van der Waals surface area contributed by atoms with E-state index in [1.54, 1.807) is 0 Å². The van der Waals surface area contributed by atoms with Gasteiger partial charge in [-0.2, -0.15) is 4.98 Å².